The Morgan fingerprint density at radius 1 is 1.04 bits per heavy atom. The topological polar surface area (TPSA) is 73.7 Å². The summed E-state index contributed by atoms with van der Waals surface area (Å²) in [6.07, 6.45) is 3.61. The van der Waals surface area contributed by atoms with Gasteiger partial charge in [0, 0.05) is 63.8 Å². The smallest absolute Gasteiger partial charge is 0.322 e. The average Bonchev–Trinajstić information content (AvgIpc) is 3.16. The predicted molar refractivity (Wildman–Crippen MR) is 103 cm³/mol. The number of benzene rings is 1. The van der Waals surface area contributed by atoms with Crippen molar-refractivity contribution >= 4 is 23.3 Å². The minimum absolute atomic E-state index is 0.0963. The van der Waals surface area contributed by atoms with Crippen LogP contribution in [0.2, 0.25) is 0 Å². The molecule has 0 bridgehead atoms. The van der Waals surface area contributed by atoms with Crippen LogP contribution in [0.3, 0.4) is 0 Å². The number of imidazole rings is 1. The van der Waals surface area contributed by atoms with Crippen molar-refractivity contribution in [3.8, 4) is 0 Å². The van der Waals surface area contributed by atoms with Gasteiger partial charge in [0.25, 0.3) is 0 Å². The number of hydrogen-bond acceptors (Lipinski definition) is 4. The second kappa shape index (κ2) is 7.30. The first-order valence-corrected chi connectivity index (χ1v) is 9.25. The standard InChI is InChI=1S/C19H24N6O2/c1-15(26)22-5-7-23(8-6-22)17-4-2-3-16(11-17)21-19(27)24-9-10-25-14-20-12-18(25)13-24/h2-4,11-12,14H,5-10,13H2,1H3,(H,21,27). The number of nitrogens with one attached hydrogen (secondary N) is 1. The van der Waals surface area contributed by atoms with Gasteiger partial charge in [0.1, 0.15) is 0 Å². The summed E-state index contributed by atoms with van der Waals surface area (Å²) in [5, 5.41) is 3.01. The molecule has 2 aliphatic rings. The molecule has 0 unspecified atom stereocenters. The van der Waals surface area contributed by atoms with Gasteiger partial charge >= 0.3 is 6.03 Å². The van der Waals surface area contributed by atoms with Gasteiger partial charge in [-0.1, -0.05) is 6.07 Å². The van der Waals surface area contributed by atoms with Gasteiger partial charge in [0.05, 0.1) is 18.6 Å². The fraction of sp³-hybridized carbons (Fsp3) is 0.421. The largest absolute Gasteiger partial charge is 0.368 e. The van der Waals surface area contributed by atoms with Crippen molar-refractivity contribution in [2.24, 2.45) is 0 Å². The normalized spacial score (nSPS) is 16.9. The Bertz CT molecular complexity index is 840. The lowest BCUT2D eigenvalue weighted by molar-refractivity contribution is -0.129. The van der Waals surface area contributed by atoms with Crippen molar-refractivity contribution in [2.45, 2.75) is 20.0 Å². The van der Waals surface area contributed by atoms with Crippen molar-refractivity contribution in [1.29, 1.82) is 0 Å². The van der Waals surface area contributed by atoms with E-state index in [2.05, 4.69) is 19.8 Å². The summed E-state index contributed by atoms with van der Waals surface area (Å²) in [5.41, 5.74) is 2.90. The van der Waals surface area contributed by atoms with Gasteiger partial charge in [-0.2, -0.15) is 0 Å². The summed E-state index contributed by atoms with van der Waals surface area (Å²) in [7, 11) is 0. The van der Waals surface area contributed by atoms with Gasteiger partial charge in [-0.25, -0.2) is 9.78 Å². The lowest BCUT2D eigenvalue weighted by Crippen LogP contribution is -2.48. The first-order chi connectivity index (χ1) is 13.1. The molecule has 1 aromatic carbocycles. The predicted octanol–water partition coefficient (Wildman–Crippen LogP) is 1.60. The average molecular weight is 368 g/mol. The highest BCUT2D eigenvalue weighted by Crippen LogP contribution is 2.22. The Kier molecular flexibility index (Phi) is 4.70. The first-order valence-electron chi connectivity index (χ1n) is 9.25. The van der Waals surface area contributed by atoms with Crippen LogP contribution in [-0.2, 0) is 17.9 Å². The molecule has 2 aliphatic heterocycles. The highest BCUT2D eigenvalue weighted by Gasteiger charge is 2.22. The van der Waals surface area contributed by atoms with Gasteiger partial charge in [-0.05, 0) is 18.2 Å². The first kappa shape index (κ1) is 17.4. The summed E-state index contributed by atoms with van der Waals surface area (Å²) in [4.78, 5) is 34.2. The van der Waals surface area contributed by atoms with E-state index >= 15 is 0 Å². The zero-order valence-corrected chi connectivity index (χ0v) is 15.5. The molecule has 0 radical (unpaired) electrons. The highest BCUT2D eigenvalue weighted by atomic mass is 16.2. The Balaban J connectivity index is 1.38. The molecule has 0 spiro atoms. The maximum atomic E-state index is 12.6. The Hall–Kier alpha value is -3.03. The second-order valence-electron chi connectivity index (χ2n) is 6.97. The van der Waals surface area contributed by atoms with Crippen LogP contribution < -0.4 is 10.2 Å². The van der Waals surface area contributed by atoms with Crippen molar-refractivity contribution < 1.29 is 9.59 Å². The quantitative estimate of drug-likeness (QED) is 0.874. The van der Waals surface area contributed by atoms with E-state index in [4.69, 9.17) is 0 Å². The molecule has 8 heteroatoms. The van der Waals surface area contributed by atoms with Gasteiger partial charge in [-0.3, -0.25) is 4.79 Å². The molecule has 3 heterocycles. The zero-order chi connectivity index (χ0) is 18.8. The van der Waals surface area contributed by atoms with Crippen LogP contribution in [0.1, 0.15) is 12.6 Å². The molecule has 1 fully saturated rings. The molecular weight excluding hydrogens is 344 g/mol. The van der Waals surface area contributed by atoms with Crippen molar-refractivity contribution in [3.63, 3.8) is 0 Å². The maximum absolute atomic E-state index is 12.6. The van der Waals surface area contributed by atoms with Crippen molar-refractivity contribution in [2.75, 3.05) is 42.9 Å². The molecule has 1 N–H and O–H groups in total. The third-order valence-corrected chi connectivity index (χ3v) is 5.24. The lowest BCUT2D eigenvalue weighted by Gasteiger charge is -2.35. The van der Waals surface area contributed by atoms with E-state index in [0.29, 0.717) is 13.1 Å². The number of nitrogens with zero attached hydrogens (tertiary/aromatic N) is 5. The number of hydrogen-bond donors (Lipinski definition) is 1. The molecule has 27 heavy (non-hydrogen) atoms. The third kappa shape index (κ3) is 3.74. The minimum Gasteiger partial charge on any atom is -0.368 e. The number of anilines is 2. The van der Waals surface area contributed by atoms with Crippen LogP contribution in [0.5, 0.6) is 0 Å². The van der Waals surface area contributed by atoms with Crippen LogP contribution in [0, 0.1) is 0 Å². The molecule has 1 aromatic heterocycles. The van der Waals surface area contributed by atoms with E-state index in [1.807, 2.05) is 29.2 Å². The highest BCUT2D eigenvalue weighted by molar-refractivity contribution is 5.90. The molecule has 0 aliphatic carbocycles. The maximum Gasteiger partial charge on any atom is 0.322 e. The number of rotatable bonds is 2. The SMILES string of the molecule is CC(=O)N1CCN(c2cccc(NC(=O)N3CCn4cncc4C3)c2)CC1. The number of carbonyl (C=O) groups excluding carboxylic acids is 2. The summed E-state index contributed by atoms with van der Waals surface area (Å²) in [6, 6.07) is 7.80. The van der Waals surface area contributed by atoms with Crippen LogP contribution in [-0.4, -0.2) is 64.0 Å². The van der Waals surface area contributed by atoms with E-state index in [1.54, 1.807) is 24.3 Å². The second-order valence-corrected chi connectivity index (χ2v) is 6.97. The fourth-order valence-electron chi connectivity index (χ4n) is 3.62. The van der Waals surface area contributed by atoms with Gasteiger partial charge in [0.2, 0.25) is 5.91 Å². The lowest BCUT2D eigenvalue weighted by atomic mass is 10.2. The number of urea groups is 1. The summed E-state index contributed by atoms with van der Waals surface area (Å²) in [6.45, 7) is 6.67. The van der Waals surface area contributed by atoms with Crippen LogP contribution in [0.25, 0.3) is 0 Å². The van der Waals surface area contributed by atoms with Crippen LogP contribution in [0.4, 0.5) is 16.2 Å². The Morgan fingerprint density at radius 2 is 1.81 bits per heavy atom. The molecule has 142 valence electrons. The van der Waals surface area contributed by atoms with Gasteiger partial charge in [-0.15, -0.1) is 0 Å². The summed E-state index contributed by atoms with van der Waals surface area (Å²) >= 11 is 0. The van der Waals surface area contributed by atoms with E-state index < -0.39 is 0 Å². The monoisotopic (exact) mass is 368 g/mol. The van der Waals surface area contributed by atoms with E-state index in [0.717, 1.165) is 49.8 Å². The number of amides is 3. The van der Waals surface area contributed by atoms with E-state index in [1.165, 1.54) is 0 Å². The van der Waals surface area contributed by atoms with Gasteiger partial charge < -0.3 is 24.6 Å². The third-order valence-electron chi connectivity index (χ3n) is 5.24. The molecule has 0 atom stereocenters. The molecule has 1 saturated heterocycles. The Morgan fingerprint density at radius 3 is 2.59 bits per heavy atom. The van der Waals surface area contributed by atoms with Crippen LogP contribution >= 0.6 is 0 Å². The zero-order valence-electron chi connectivity index (χ0n) is 15.5. The molecule has 8 nitrogen and oxygen atoms in total. The molecule has 0 saturated carbocycles. The molecule has 2 aromatic rings. The van der Waals surface area contributed by atoms with Crippen molar-refractivity contribution in [1.82, 2.24) is 19.4 Å². The number of fused-ring (bicyclic) bond motifs is 1. The minimum atomic E-state index is -0.0963. The van der Waals surface area contributed by atoms with Crippen LogP contribution in [0.15, 0.2) is 36.8 Å². The fourth-order valence-corrected chi connectivity index (χ4v) is 3.62. The number of carbonyl (C=O) groups is 2. The van der Waals surface area contributed by atoms with E-state index in [-0.39, 0.29) is 11.9 Å². The number of aromatic nitrogens is 2. The summed E-state index contributed by atoms with van der Waals surface area (Å²) < 4.78 is 2.07. The van der Waals surface area contributed by atoms with Crippen molar-refractivity contribution in [3.05, 3.63) is 42.5 Å². The Labute approximate surface area is 158 Å². The number of piperazine rings is 1. The summed E-state index contributed by atoms with van der Waals surface area (Å²) in [5.74, 6) is 0.124. The van der Waals surface area contributed by atoms with E-state index in [9.17, 15) is 9.59 Å². The molecule has 4 rings (SSSR count). The molecular formula is C19H24N6O2. The van der Waals surface area contributed by atoms with Gasteiger partial charge in [0.15, 0.2) is 0 Å². The molecule has 3 amide bonds.